The first-order valence-electron chi connectivity index (χ1n) is 3.07. The lowest BCUT2D eigenvalue weighted by atomic mass is 10.3. The van der Waals surface area contributed by atoms with E-state index in [1.54, 1.807) is 0 Å². The number of nitrogens with zero attached hydrogens (tertiary/aromatic N) is 2. The minimum absolute atomic E-state index is 0.0931. The summed E-state index contributed by atoms with van der Waals surface area (Å²) in [6.07, 6.45) is 0. The van der Waals surface area contributed by atoms with E-state index in [4.69, 9.17) is 23.2 Å². The number of benzene rings is 1. The van der Waals surface area contributed by atoms with Crippen molar-refractivity contribution in [2.45, 2.75) is 0 Å². The van der Waals surface area contributed by atoms with Crippen molar-refractivity contribution in [3.63, 3.8) is 0 Å². The Morgan fingerprint density at radius 2 is 1.31 bits per heavy atom. The molecule has 1 heterocycles. The van der Waals surface area contributed by atoms with Crippen LogP contribution in [-0.4, -0.2) is 8.75 Å². The fourth-order valence-electron chi connectivity index (χ4n) is 0.877. The van der Waals surface area contributed by atoms with Crippen molar-refractivity contribution in [2.24, 2.45) is 0 Å². The van der Waals surface area contributed by atoms with Crippen LogP contribution in [0.5, 0.6) is 0 Å². The van der Waals surface area contributed by atoms with Gasteiger partial charge in [0.15, 0.2) is 11.6 Å². The molecule has 0 amide bonds. The van der Waals surface area contributed by atoms with Crippen LogP contribution in [0.25, 0.3) is 11.0 Å². The molecule has 0 N–H and O–H groups in total. The average Bonchev–Trinajstić information content (AvgIpc) is 2.59. The highest BCUT2D eigenvalue weighted by Gasteiger charge is 2.20. The number of halogens is 4. The van der Waals surface area contributed by atoms with Gasteiger partial charge >= 0.3 is 0 Å². The van der Waals surface area contributed by atoms with Gasteiger partial charge in [0.1, 0.15) is 21.1 Å². The van der Waals surface area contributed by atoms with Gasteiger partial charge in [-0.2, -0.15) is 8.75 Å². The highest BCUT2D eigenvalue weighted by atomic mass is 35.5. The molecule has 0 bridgehead atoms. The van der Waals surface area contributed by atoms with Gasteiger partial charge in [0.25, 0.3) is 0 Å². The predicted octanol–water partition coefficient (Wildman–Crippen LogP) is 3.28. The summed E-state index contributed by atoms with van der Waals surface area (Å²) in [5, 5.41) is -0.767. The van der Waals surface area contributed by atoms with Gasteiger partial charge < -0.3 is 0 Å². The molecule has 0 aliphatic heterocycles. The third-order valence-corrected chi connectivity index (χ3v) is 2.70. The maximum Gasteiger partial charge on any atom is 0.181 e. The van der Waals surface area contributed by atoms with Crippen molar-refractivity contribution >= 4 is 46.0 Å². The molecule has 68 valence electrons. The first-order valence-corrected chi connectivity index (χ1v) is 4.55. The van der Waals surface area contributed by atoms with Crippen molar-refractivity contribution in [3.05, 3.63) is 21.7 Å². The minimum atomic E-state index is -1.19. The van der Waals surface area contributed by atoms with E-state index in [-0.39, 0.29) is 21.1 Å². The Hall–Kier alpha value is -0.520. The van der Waals surface area contributed by atoms with Gasteiger partial charge in [0.2, 0.25) is 0 Å². The number of hydrogen-bond acceptors (Lipinski definition) is 3. The first-order chi connectivity index (χ1) is 6.13. The Balaban J connectivity index is 3.02. The molecule has 0 spiro atoms. The Morgan fingerprint density at radius 3 is 1.69 bits per heavy atom. The monoisotopic (exact) mass is 240 g/mol. The number of hydrogen-bond donors (Lipinski definition) is 0. The quantitative estimate of drug-likeness (QED) is 0.522. The van der Waals surface area contributed by atoms with E-state index >= 15 is 0 Å². The molecule has 2 aromatic rings. The van der Waals surface area contributed by atoms with E-state index in [1.807, 2.05) is 0 Å². The molecule has 0 atom stereocenters. The molecule has 0 unspecified atom stereocenters. The Bertz CT molecular complexity index is 443. The summed E-state index contributed by atoms with van der Waals surface area (Å²) < 4.78 is 33.3. The summed E-state index contributed by atoms with van der Waals surface area (Å²) in [5.74, 6) is -2.38. The van der Waals surface area contributed by atoms with Crippen LogP contribution in [0.1, 0.15) is 0 Å². The lowest BCUT2D eigenvalue weighted by Crippen LogP contribution is -1.89. The van der Waals surface area contributed by atoms with E-state index in [9.17, 15) is 8.78 Å². The number of rotatable bonds is 0. The van der Waals surface area contributed by atoms with Crippen LogP contribution in [-0.2, 0) is 0 Å². The summed E-state index contributed by atoms with van der Waals surface area (Å²) in [6, 6.07) is 0. The smallest absolute Gasteiger partial charge is 0.181 e. The summed E-state index contributed by atoms with van der Waals surface area (Å²) in [6.45, 7) is 0. The van der Waals surface area contributed by atoms with Crippen LogP contribution >= 0.6 is 34.9 Å². The van der Waals surface area contributed by atoms with Gasteiger partial charge in [0, 0.05) is 0 Å². The molecule has 7 heteroatoms. The van der Waals surface area contributed by atoms with E-state index in [0.717, 1.165) is 11.7 Å². The van der Waals surface area contributed by atoms with Crippen LogP contribution in [0.3, 0.4) is 0 Å². The molecular formula is C6Cl2F2N2S. The highest BCUT2D eigenvalue weighted by Crippen LogP contribution is 2.33. The maximum absolute atomic E-state index is 12.9. The molecule has 2 rings (SSSR count). The standard InChI is InChI=1S/C6Cl2F2N2S/c7-1-3(9)4(10)2(8)6-5(1)11-13-12-6. The van der Waals surface area contributed by atoms with Crippen molar-refractivity contribution in [3.8, 4) is 0 Å². The van der Waals surface area contributed by atoms with Crippen LogP contribution in [0.15, 0.2) is 0 Å². The van der Waals surface area contributed by atoms with E-state index in [1.165, 1.54) is 0 Å². The fourth-order valence-corrected chi connectivity index (χ4v) is 1.97. The summed E-state index contributed by atoms with van der Waals surface area (Å²) in [5.41, 5.74) is 0.186. The number of aromatic nitrogens is 2. The van der Waals surface area contributed by atoms with Crippen LogP contribution in [0.4, 0.5) is 8.78 Å². The molecule has 0 aliphatic carbocycles. The minimum Gasteiger partial charge on any atom is -0.202 e. The van der Waals surface area contributed by atoms with Crippen LogP contribution in [0, 0.1) is 11.6 Å². The molecule has 1 aromatic carbocycles. The number of fused-ring (bicyclic) bond motifs is 1. The molecule has 0 saturated carbocycles. The van der Waals surface area contributed by atoms with Crippen molar-refractivity contribution < 1.29 is 8.78 Å². The summed E-state index contributed by atoms with van der Waals surface area (Å²) in [4.78, 5) is 0. The van der Waals surface area contributed by atoms with Gasteiger partial charge in [-0.1, -0.05) is 23.2 Å². The molecule has 13 heavy (non-hydrogen) atoms. The van der Waals surface area contributed by atoms with E-state index in [2.05, 4.69) is 8.75 Å². The van der Waals surface area contributed by atoms with Crippen molar-refractivity contribution in [1.29, 1.82) is 0 Å². The Labute approximate surface area is 85.4 Å². The van der Waals surface area contributed by atoms with E-state index in [0.29, 0.717) is 0 Å². The molecular weight excluding hydrogens is 241 g/mol. The predicted molar refractivity (Wildman–Crippen MR) is 47.4 cm³/mol. The van der Waals surface area contributed by atoms with Crippen molar-refractivity contribution in [2.75, 3.05) is 0 Å². The zero-order valence-electron chi connectivity index (χ0n) is 5.81. The van der Waals surface area contributed by atoms with Crippen LogP contribution < -0.4 is 0 Å². The second-order valence-corrected chi connectivity index (χ2v) is 3.50. The Kier molecular flexibility index (Phi) is 2.09. The van der Waals surface area contributed by atoms with E-state index < -0.39 is 11.6 Å². The third kappa shape index (κ3) is 1.19. The molecule has 0 aliphatic rings. The van der Waals surface area contributed by atoms with Gasteiger partial charge in [-0.05, 0) is 0 Å². The SMILES string of the molecule is Fc1c(F)c(Cl)c2nsnc2c1Cl. The molecule has 0 radical (unpaired) electrons. The lowest BCUT2D eigenvalue weighted by Gasteiger charge is -1.98. The molecule has 1 aromatic heterocycles. The third-order valence-electron chi connectivity index (χ3n) is 1.48. The Morgan fingerprint density at radius 1 is 0.923 bits per heavy atom. The second-order valence-electron chi connectivity index (χ2n) is 2.22. The zero-order valence-corrected chi connectivity index (χ0v) is 8.14. The normalized spacial score (nSPS) is 11.1. The zero-order chi connectivity index (χ0) is 9.59. The van der Waals surface area contributed by atoms with Gasteiger partial charge in [0.05, 0.1) is 11.7 Å². The molecule has 2 nitrogen and oxygen atoms in total. The maximum atomic E-state index is 12.9. The highest BCUT2D eigenvalue weighted by molar-refractivity contribution is 7.00. The second kappa shape index (κ2) is 3.01. The largest absolute Gasteiger partial charge is 0.202 e. The van der Waals surface area contributed by atoms with Crippen LogP contribution in [0.2, 0.25) is 10.0 Å². The first kappa shape index (κ1) is 9.05. The van der Waals surface area contributed by atoms with Gasteiger partial charge in [-0.15, -0.1) is 0 Å². The summed E-state index contributed by atoms with van der Waals surface area (Å²) >= 11 is 11.7. The van der Waals surface area contributed by atoms with Gasteiger partial charge in [-0.25, -0.2) is 8.78 Å². The fraction of sp³-hybridized carbons (Fsp3) is 0. The summed E-state index contributed by atoms with van der Waals surface area (Å²) in [7, 11) is 0. The average molecular weight is 241 g/mol. The molecule has 0 fully saturated rings. The topological polar surface area (TPSA) is 25.8 Å². The van der Waals surface area contributed by atoms with Gasteiger partial charge in [-0.3, -0.25) is 0 Å². The lowest BCUT2D eigenvalue weighted by molar-refractivity contribution is 0.511. The van der Waals surface area contributed by atoms with Crippen molar-refractivity contribution in [1.82, 2.24) is 8.75 Å². The molecule has 0 saturated heterocycles.